The van der Waals surface area contributed by atoms with Crippen LogP contribution in [-0.4, -0.2) is 33.7 Å². The lowest BCUT2D eigenvalue weighted by molar-refractivity contribution is -0.115. The van der Waals surface area contributed by atoms with E-state index in [1.165, 1.54) is 12.8 Å². The van der Waals surface area contributed by atoms with Gasteiger partial charge in [0.1, 0.15) is 0 Å². The third kappa shape index (κ3) is 7.31. The van der Waals surface area contributed by atoms with Gasteiger partial charge in [0, 0.05) is 11.4 Å². The Hall–Kier alpha value is -1.31. The third-order valence-corrected chi connectivity index (χ3v) is 3.49. The Morgan fingerprint density at radius 2 is 1.76 bits per heavy atom. The lowest BCUT2D eigenvalue weighted by atomic mass is 10.3. The molecular weight excluding hydrogens is 314 g/mol. The summed E-state index contributed by atoms with van der Waals surface area (Å²) in [4.78, 5) is 11.6. The first-order chi connectivity index (χ1) is 9.42. The fraction of sp³-hybridized carbons (Fsp3) is 0.462. The van der Waals surface area contributed by atoms with Gasteiger partial charge >= 0.3 is 0 Å². The first kappa shape index (κ1) is 17.7. The molecule has 1 aliphatic rings. The average Bonchev–Trinajstić information content (AvgIpc) is 3.14. The van der Waals surface area contributed by atoms with E-state index in [9.17, 15) is 13.2 Å². The number of amides is 1. The molecule has 1 fully saturated rings. The smallest absolute Gasteiger partial charge is 0.238 e. The van der Waals surface area contributed by atoms with Gasteiger partial charge in [0.25, 0.3) is 0 Å². The molecule has 1 aromatic carbocycles. The van der Waals surface area contributed by atoms with Gasteiger partial charge in [0.2, 0.25) is 15.9 Å². The van der Waals surface area contributed by atoms with Gasteiger partial charge in [-0.05, 0) is 49.6 Å². The molecule has 118 valence electrons. The van der Waals surface area contributed by atoms with Crippen LogP contribution in [0.1, 0.15) is 12.8 Å². The van der Waals surface area contributed by atoms with E-state index in [1.807, 2.05) is 0 Å². The van der Waals surface area contributed by atoms with Gasteiger partial charge in [-0.2, -0.15) is 0 Å². The molecular formula is C13H20ClN3O3S. The van der Waals surface area contributed by atoms with Gasteiger partial charge in [-0.15, -0.1) is 12.4 Å². The molecule has 6 nitrogen and oxygen atoms in total. The van der Waals surface area contributed by atoms with E-state index in [0.717, 1.165) is 18.7 Å². The number of carbonyl (C=O) groups is 1. The Morgan fingerprint density at radius 1 is 1.19 bits per heavy atom. The van der Waals surface area contributed by atoms with Gasteiger partial charge in [0.05, 0.1) is 12.8 Å². The molecule has 0 bridgehead atoms. The Labute approximate surface area is 131 Å². The molecule has 0 aromatic heterocycles. The number of nitrogens with one attached hydrogen (secondary N) is 3. The molecule has 1 saturated carbocycles. The van der Waals surface area contributed by atoms with Crippen LogP contribution in [0, 0.1) is 5.92 Å². The van der Waals surface area contributed by atoms with Crippen molar-refractivity contribution >= 4 is 39.7 Å². The monoisotopic (exact) mass is 333 g/mol. The van der Waals surface area contributed by atoms with Gasteiger partial charge in [0.15, 0.2) is 0 Å². The summed E-state index contributed by atoms with van der Waals surface area (Å²) in [5, 5.41) is 5.85. The topological polar surface area (TPSA) is 87.3 Å². The molecule has 1 aliphatic carbocycles. The highest BCUT2D eigenvalue weighted by molar-refractivity contribution is 7.92. The average molecular weight is 334 g/mol. The molecule has 0 spiro atoms. The molecule has 0 unspecified atom stereocenters. The standard InChI is InChI=1S/C13H19N3O3S.ClH/c1-20(18,19)16-12-6-4-11(5-7-12)15-13(17)9-14-8-10-2-3-10;/h4-7,10,14,16H,2-3,8-9H2,1H3,(H,15,17);1H. The predicted octanol–water partition coefficient (Wildman–Crippen LogP) is 1.42. The minimum absolute atomic E-state index is 0. The summed E-state index contributed by atoms with van der Waals surface area (Å²) in [6, 6.07) is 6.53. The first-order valence-electron chi connectivity index (χ1n) is 6.51. The number of carbonyl (C=O) groups excluding carboxylic acids is 1. The zero-order chi connectivity index (χ0) is 14.6. The van der Waals surface area contributed by atoms with Crippen molar-refractivity contribution in [1.29, 1.82) is 0 Å². The Morgan fingerprint density at radius 3 is 2.29 bits per heavy atom. The second-order valence-electron chi connectivity index (χ2n) is 5.07. The fourth-order valence-electron chi connectivity index (χ4n) is 1.75. The van der Waals surface area contributed by atoms with Crippen molar-refractivity contribution in [3.63, 3.8) is 0 Å². The molecule has 0 aliphatic heterocycles. The van der Waals surface area contributed by atoms with E-state index in [2.05, 4.69) is 15.4 Å². The van der Waals surface area contributed by atoms with Crippen molar-refractivity contribution in [2.24, 2.45) is 5.92 Å². The van der Waals surface area contributed by atoms with E-state index in [4.69, 9.17) is 0 Å². The molecule has 1 aromatic rings. The number of hydrogen-bond donors (Lipinski definition) is 3. The van der Waals surface area contributed by atoms with E-state index < -0.39 is 10.0 Å². The fourth-order valence-corrected chi connectivity index (χ4v) is 2.32. The number of halogens is 1. The highest BCUT2D eigenvalue weighted by Gasteiger charge is 2.20. The van der Waals surface area contributed by atoms with Crippen LogP contribution in [0.15, 0.2) is 24.3 Å². The van der Waals surface area contributed by atoms with Gasteiger partial charge < -0.3 is 10.6 Å². The van der Waals surface area contributed by atoms with Crippen LogP contribution >= 0.6 is 12.4 Å². The zero-order valence-electron chi connectivity index (χ0n) is 11.8. The number of rotatable bonds is 7. The number of sulfonamides is 1. The summed E-state index contributed by atoms with van der Waals surface area (Å²) in [5.74, 6) is 0.638. The molecule has 0 radical (unpaired) electrons. The predicted molar refractivity (Wildman–Crippen MR) is 86.4 cm³/mol. The van der Waals surface area contributed by atoms with Gasteiger partial charge in [-0.3, -0.25) is 9.52 Å². The highest BCUT2D eigenvalue weighted by Crippen LogP contribution is 2.27. The maximum absolute atomic E-state index is 11.6. The Balaban J connectivity index is 0.00000220. The summed E-state index contributed by atoms with van der Waals surface area (Å²) in [7, 11) is -3.27. The Kier molecular flexibility index (Phi) is 6.44. The van der Waals surface area contributed by atoms with Gasteiger partial charge in [-0.1, -0.05) is 0 Å². The first-order valence-corrected chi connectivity index (χ1v) is 8.40. The maximum Gasteiger partial charge on any atom is 0.238 e. The number of hydrogen-bond acceptors (Lipinski definition) is 4. The molecule has 21 heavy (non-hydrogen) atoms. The maximum atomic E-state index is 11.6. The van der Waals surface area contributed by atoms with Crippen molar-refractivity contribution in [3.05, 3.63) is 24.3 Å². The quantitative estimate of drug-likeness (QED) is 0.704. The van der Waals surface area contributed by atoms with Crippen LogP contribution in [0.2, 0.25) is 0 Å². The molecule has 3 N–H and O–H groups in total. The van der Waals surface area contributed by atoms with Crippen LogP contribution in [0.25, 0.3) is 0 Å². The van der Waals surface area contributed by atoms with Crippen molar-refractivity contribution in [3.8, 4) is 0 Å². The minimum Gasteiger partial charge on any atom is -0.325 e. The SMILES string of the molecule is CS(=O)(=O)Nc1ccc(NC(=O)CNCC2CC2)cc1.Cl. The summed E-state index contributed by atoms with van der Waals surface area (Å²) in [6.45, 7) is 1.18. The largest absolute Gasteiger partial charge is 0.325 e. The van der Waals surface area contributed by atoms with Crippen molar-refractivity contribution in [2.45, 2.75) is 12.8 Å². The third-order valence-electron chi connectivity index (χ3n) is 2.89. The van der Waals surface area contributed by atoms with Crippen LogP contribution in [-0.2, 0) is 14.8 Å². The molecule has 0 heterocycles. The van der Waals surface area contributed by atoms with Crippen molar-refractivity contribution in [2.75, 3.05) is 29.4 Å². The minimum atomic E-state index is -3.27. The highest BCUT2D eigenvalue weighted by atomic mass is 35.5. The molecule has 2 rings (SSSR count). The van der Waals surface area contributed by atoms with E-state index in [1.54, 1.807) is 24.3 Å². The number of anilines is 2. The zero-order valence-corrected chi connectivity index (χ0v) is 13.4. The van der Waals surface area contributed by atoms with Crippen molar-refractivity contribution < 1.29 is 13.2 Å². The molecule has 0 saturated heterocycles. The molecule has 1 amide bonds. The van der Waals surface area contributed by atoms with E-state index in [0.29, 0.717) is 17.9 Å². The van der Waals surface area contributed by atoms with Crippen LogP contribution < -0.4 is 15.4 Å². The molecule has 8 heteroatoms. The van der Waals surface area contributed by atoms with Crippen molar-refractivity contribution in [1.82, 2.24) is 5.32 Å². The summed E-state index contributed by atoms with van der Waals surface area (Å²) in [5.41, 5.74) is 1.11. The van der Waals surface area contributed by atoms with Crippen LogP contribution in [0.5, 0.6) is 0 Å². The summed E-state index contributed by atoms with van der Waals surface area (Å²) >= 11 is 0. The van der Waals surface area contributed by atoms with E-state index >= 15 is 0 Å². The lowest BCUT2D eigenvalue weighted by Crippen LogP contribution is -2.29. The summed E-state index contributed by atoms with van der Waals surface area (Å²) in [6.07, 6.45) is 3.60. The Bertz CT molecular complexity index is 571. The van der Waals surface area contributed by atoms with Crippen LogP contribution in [0.3, 0.4) is 0 Å². The summed E-state index contributed by atoms with van der Waals surface area (Å²) < 4.78 is 24.5. The number of benzene rings is 1. The lowest BCUT2D eigenvalue weighted by Gasteiger charge is -2.08. The van der Waals surface area contributed by atoms with Gasteiger partial charge in [-0.25, -0.2) is 8.42 Å². The second-order valence-corrected chi connectivity index (χ2v) is 6.82. The molecule has 0 atom stereocenters. The second kappa shape index (κ2) is 7.63. The normalized spacial score (nSPS) is 14.1. The van der Waals surface area contributed by atoms with E-state index in [-0.39, 0.29) is 18.3 Å². The van der Waals surface area contributed by atoms with Crippen LogP contribution in [0.4, 0.5) is 11.4 Å².